The Bertz CT molecular complexity index is 3630. The number of fused-ring (bicyclic) bond motifs is 11. The van der Waals surface area contributed by atoms with E-state index in [9.17, 15) is 0 Å². The summed E-state index contributed by atoms with van der Waals surface area (Å²) in [6.45, 7) is 0. The molecule has 61 heavy (non-hydrogen) atoms. The second-order valence-electron chi connectivity index (χ2n) is 15.5. The second-order valence-corrected chi connectivity index (χ2v) is 16.5. The van der Waals surface area contributed by atoms with Gasteiger partial charge in [0.15, 0.2) is 0 Å². The van der Waals surface area contributed by atoms with Crippen molar-refractivity contribution in [2.45, 2.75) is 0 Å². The summed E-state index contributed by atoms with van der Waals surface area (Å²) < 4.78 is 13.9. The predicted octanol–water partition coefficient (Wildman–Crippen LogP) is 15.9. The Morgan fingerprint density at radius 3 is 1.44 bits per heavy atom. The van der Waals surface area contributed by atoms with Crippen LogP contribution in [0.4, 0.5) is 34.4 Å². The van der Waals surface area contributed by atoms with E-state index in [1.807, 2.05) is 36.5 Å². The lowest BCUT2D eigenvalue weighted by molar-refractivity contribution is 0.668. The molecule has 0 aliphatic rings. The molecule has 6 nitrogen and oxygen atoms in total. The SMILES string of the molecule is c1ccc2cc(N(c3ccc4c(c3)oc3ccccc34)c3ccc4c(c3)sc3nc(N(c5ccc6ccccc6c5)c5ccc6c(c5)oc5ccccc56)ncc34)ccc2c1. The molecule has 4 aromatic heterocycles. The highest BCUT2D eigenvalue weighted by molar-refractivity contribution is 7.25. The van der Waals surface area contributed by atoms with Crippen molar-refractivity contribution in [2.24, 2.45) is 0 Å². The average Bonchev–Trinajstić information content (AvgIpc) is 3.99. The molecule has 7 heteroatoms. The van der Waals surface area contributed by atoms with Crippen molar-refractivity contribution in [1.82, 2.24) is 9.97 Å². The van der Waals surface area contributed by atoms with Gasteiger partial charge in [-0.1, -0.05) is 103 Å². The minimum absolute atomic E-state index is 0.585. The Hall–Kier alpha value is -8.00. The van der Waals surface area contributed by atoms with Gasteiger partial charge in [0.2, 0.25) is 5.95 Å². The summed E-state index contributed by atoms with van der Waals surface area (Å²) in [5.41, 5.74) is 8.40. The first-order chi connectivity index (χ1) is 30.2. The van der Waals surface area contributed by atoms with E-state index in [0.29, 0.717) is 5.95 Å². The van der Waals surface area contributed by atoms with E-state index >= 15 is 0 Å². The van der Waals surface area contributed by atoms with Crippen LogP contribution < -0.4 is 9.80 Å². The first-order valence-electron chi connectivity index (χ1n) is 20.3. The zero-order valence-corrected chi connectivity index (χ0v) is 33.3. The van der Waals surface area contributed by atoms with E-state index in [4.69, 9.17) is 18.8 Å². The van der Waals surface area contributed by atoms with Gasteiger partial charge in [-0.3, -0.25) is 4.90 Å². The van der Waals surface area contributed by atoms with E-state index in [1.54, 1.807) is 11.3 Å². The van der Waals surface area contributed by atoms with Gasteiger partial charge in [-0.25, -0.2) is 9.97 Å². The lowest BCUT2D eigenvalue weighted by Gasteiger charge is -2.26. The smallest absolute Gasteiger partial charge is 0.235 e. The van der Waals surface area contributed by atoms with Crippen LogP contribution in [0.1, 0.15) is 0 Å². The number of thiophene rings is 1. The molecule has 13 aromatic rings. The number of hydrogen-bond acceptors (Lipinski definition) is 7. The molecule has 0 fully saturated rings. The molecule has 0 atom stereocenters. The molecule has 0 spiro atoms. The Balaban J connectivity index is 0.961. The Morgan fingerprint density at radius 2 is 0.820 bits per heavy atom. The van der Waals surface area contributed by atoms with E-state index < -0.39 is 0 Å². The molecule has 0 saturated carbocycles. The van der Waals surface area contributed by atoms with E-state index in [0.717, 1.165) is 98.0 Å². The van der Waals surface area contributed by atoms with Crippen LogP contribution in [0, 0.1) is 0 Å². The molecule has 13 rings (SSSR count). The average molecular weight is 801 g/mol. The number of rotatable bonds is 6. The highest BCUT2D eigenvalue weighted by Crippen LogP contribution is 2.44. The van der Waals surface area contributed by atoms with Crippen LogP contribution in [-0.2, 0) is 0 Å². The predicted molar refractivity (Wildman–Crippen MR) is 254 cm³/mol. The third kappa shape index (κ3) is 5.48. The van der Waals surface area contributed by atoms with Gasteiger partial charge in [-0.05, 0) is 94.3 Å². The minimum Gasteiger partial charge on any atom is -0.456 e. The molecule has 0 radical (unpaired) electrons. The highest BCUT2D eigenvalue weighted by atomic mass is 32.1. The van der Waals surface area contributed by atoms with E-state index in [-0.39, 0.29) is 0 Å². The summed E-state index contributed by atoms with van der Waals surface area (Å²) in [6, 6.07) is 66.0. The minimum atomic E-state index is 0.585. The van der Waals surface area contributed by atoms with Crippen molar-refractivity contribution in [3.8, 4) is 0 Å². The van der Waals surface area contributed by atoms with Crippen molar-refractivity contribution < 1.29 is 8.83 Å². The standard InChI is InChI=1S/C54H32N4O2S/c1-3-11-35-27-37(19-17-33(35)9-1)57(39-21-24-44-42-13-5-7-15-48(42)59-50(44)29-39)41-23-26-46-47-32-55-54(56-53(47)61-52(46)31-41)58(38-20-18-34-10-2-4-12-36(34)28-38)40-22-25-45-43-14-6-8-16-49(43)60-51(45)30-40/h1-32H. The van der Waals surface area contributed by atoms with Gasteiger partial charge < -0.3 is 13.7 Å². The maximum atomic E-state index is 6.40. The molecule has 0 amide bonds. The van der Waals surface area contributed by atoms with E-state index in [1.165, 1.54) is 16.2 Å². The maximum Gasteiger partial charge on any atom is 0.235 e. The maximum absolute atomic E-state index is 6.40. The molecule has 0 saturated heterocycles. The van der Waals surface area contributed by atoms with Crippen molar-refractivity contribution in [1.29, 1.82) is 0 Å². The summed E-state index contributed by atoms with van der Waals surface area (Å²) in [5.74, 6) is 0.585. The topological polar surface area (TPSA) is 58.5 Å². The number of nitrogens with zero attached hydrogens (tertiary/aromatic N) is 4. The van der Waals surface area contributed by atoms with Gasteiger partial charge in [0.25, 0.3) is 0 Å². The lowest BCUT2D eigenvalue weighted by atomic mass is 10.1. The van der Waals surface area contributed by atoms with Gasteiger partial charge in [0, 0.05) is 78.1 Å². The largest absolute Gasteiger partial charge is 0.456 e. The number of anilines is 6. The van der Waals surface area contributed by atoms with Gasteiger partial charge in [-0.2, -0.15) is 0 Å². The number of benzene rings is 9. The fourth-order valence-electron chi connectivity index (χ4n) is 8.96. The number of aromatic nitrogens is 2. The van der Waals surface area contributed by atoms with Crippen LogP contribution in [0.5, 0.6) is 0 Å². The zero-order chi connectivity index (χ0) is 40.0. The highest BCUT2D eigenvalue weighted by Gasteiger charge is 2.22. The molecule has 286 valence electrons. The Kier molecular flexibility index (Phi) is 7.37. The quantitative estimate of drug-likeness (QED) is 0.167. The zero-order valence-electron chi connectivity index (χ0n) is 32.5. The molecule has 9 aromatic carbocycles. The first-order valence-corrected chi connectivity index (χ1v) is 21.1. The molecule has 0 unspecified atom stereocenters. The first kappa shape index (κ1) is 33.9. The van der Waals surface area contributed by atoms with Crippen LogP contribution in [-0.4, -0.2) is 9.97 Å². The van der Waals surface area contributed by atoms with Gasteiger partial charge >= 0.3 is 0 Å². The summed E-state index contributed by atoms with van der Waals surface area (Å²) >= 11 is 1.68. The van der Waals surface area contributed by atoms with Gasteiger partial charge in [-0.15, -0.1) is 11.3 Å². The fourth-order valence-corrected chi connectivity index (χ4v) is 10.0. The van der Waals surface area contributed by atoms with E-state index in [2.05, 4.69) is 168 Å². The third-order valence-corrected chi connectivity index (χ3v) is 12.9. The normalized spacial score (nSPS) is 11.9. The van der Waals surface area contributed by atoms with Crippen molar-refractivity contribution in [3.05, 3.63) is 194 Å². The molecule has 0 bridgehead atoms. The number of para-hydroxylation sites is 2. The van der Waals surface area contributed by atoms with Crippen molar-refractivity contribution >= 4 is 131 Å². The monoisotopic (exact) mass is 800 g/mol. The molecule has 4 heterocycles. The van der Waals surface area contributed by atoms with Crippen LogP contribution in [0.2, 0.25) is 0 Å². The summed E-state index contributed by atoms with van der Waals surface area (Å²) in [5, 5.41) is 11.2. The van der Waals surface area contributed by atoms with Crippen LogP contribution in [0.25, 0.3) is 85.7 Å². The molecular weight excluding hydrogens is 769 g/mol. The summed E-state index contributed by atoms with van der Waals surface area (Å²) in [6.07, 6.45) is 1.97. The number of furan rings is 2. The molecule has 0 N–H and O–H groups in total. The van der Waals surface area contributed by atoms with Gasteiger partial charge in [0.05, 0.1) is 5.69 Å². The van der Waals surface area contributed by atoms with Crippen LogP contribution >= 0.6 is 11.3 Å². The van der Waals surface area contributed by atoms with Crippen LogP contribution in [0.3, 0.4) is 0 Å². The van der Waals surface area contributed by atoms with Crippen molar-refractivity contribution in [2.75, 3.05) is 9.80 Å². The third-order valence-electron chi connectivity index (χ3n) is 11.9. The van der Waals surface area contributed by atoms with Gasteiger partial charge in [0.1, 0.15) is 27.2 Å². The lowest BCUT2D eigenvalue weighted by Crippen LogP contribution is -2.13. The molecular formula is C54H32N4O2S. The summed E-state index contributed by atoms with van der Waals surface area (Å²) in [4.78, 5) is 15.8. The number of hydrogen-bond donors (Lipinski definition) is 0. The molecule has 0 aliphatic heterocycles. The molecule has 0 aliphatic carbocycles. The second kappa shape index (κ2) is 13.3. The fraction of sp³-hybridized carbons (Fsp3) is 0. The Labute approximate surface area is 352 Å². The van der Waals surface area contributed by atoms with Crippen LogP contribution in [0.15, 0.2) is 203 Å². The summed E-state index contributed by atoms with van der Waals surface area (Å²) in [7, 11) is 0. The van der Waals surface area contributed by atoms with Crippen molar-refractivity contribution in [3.63, 3.8) is 0 Å². The Morgan fingerprint density at radius 1 is 0.361 bits per heavy atom.